The Morgan fingerprint density at radius 1 is 1.08 bits per heavy atom. The van der Waals surface area contributed by atoms with Crippen LogP contribution in [0.5, 0.6) is 0 Å². The van der Waals surface area contributed by atoms with Crippen LogP contribution in [0, 0.1) is 10.7 Å². The number of piperidine rings is 1. The van der Waals surface area contributed by atoms with E-state index in [4.69, 9.17) is 0 Å². The highest BCUT2D eigenvalue weighted by molar-refractivity contribution is 14.1. The van der Waals surface area contributed by atoms with E-state index in [0.29, 0.717) is 29.4 Å². The third-order valence-electron chi connectivity index (χ3n) is 3.95. The van der Waals surface area contributed by atoms with Gasteiger partial charge in [0.25, 0.3) is 0 Å². The van der Waals surface area contributed by atoms with Crippen molar-refractivity contribution in [3.05, 3.63) is 16.3 Å². The number of carbonyl (C=O) groups is 4. The molecule has 2 rings (SSSR count). The quantitative estimate of drug-likeness (QED) is 0.384. The highest BCUT2D eigenvalue weighted by atomic mass is 127. The van der Waals surface area contributed by atoms with E-state index in [2.05, 4.69) is 0 Å². The summed E-state index contributed by atoms with van der Waals surface area (Å²) in [6.45, 7) is 3.51. The molecule has 7 nitrogen and oxygen atoms in total. The van der Waals surface area contributed by atoms with Crippen LogP contribution < -0.4 is 9.80 Å². The molecule has 1 N–H and O–H groups in total. The maximum absolute atomic E-state index is 12.4. The molecule has 140 valence electrons. The molecule has 26 heavy (non-hydrogen) atoms. The zero-order valence-corrected chi connectivity index (χ0v) is 20.4. The van der Waals surface area contributed by atoms with Gasteiger partial charge in [0.1, 0.15) is 0 Å². The molecule has 0 atom stereocenters. The highest BCUT2D eigenvalue weighted by Gasteiger charge is 2.36. The molecule has 0 radical (unpaired) electrons. The van der Waals surface area contributed by atoms with Crippen molar-refractivity contribution in [3.63, 3.8) is 0 Å². The molecule has 0 spiro atoms. The van der Waals surface area contributed by atoms with Crippen LogP contribution in [0.4, 0.5) is 11.4 Å². The number of hydrogen-bond acceptors (Lipinski definition) is 4. The summed E-state index contributed by atoms with van der Waals surface area (Å²) >= 11 is 5.75. The molecular weight excluding hydrogens is 681 g/mol. The average molecular weight is 696 g/mol. The van der Waals surface area contributed by atoms with Gasteiger partial charge in [0.15, 0.2) is 0 Å². The van der Waals surface area contributed by atoms with Crippen molar-refractivity contribution in [2.45, 2.75) is 33.1 Å². The third-order valence-corrected chi connectivity index (χ3v) is 7.08. The van der Waals surface area contributed by atoms with E-state index >= 15 is 0 Å². The molecule has 10 heteroatoms. The lowest BCUT2D eigenvalue weighted by Gasteiger charge is -2.31. The van der Waals surface area contributed by atoms with Crippen LogP contribution in [0.3, 0.4) is 0 Å². The molecule has 3 amide bonds. The number of hydrogen-bond donors (Lipinski definition) is 1. The first-order chi connectivity index (χ1) is 12.1. The topological polar surface area (TPSA) is 95.0 Å². The van der Waals surface area contributed by atoms with Gasteiger partial charge in [0.2, 0.25) is 17.7 Å². The van der Waals surface area contributed by atoms with Gasteiger partial charge in [0, 0.05) is 26.3 Å². The Labute approximate surface area is 191 Å². The first kappa shape index (κ1) is 21.8. The Kier molecular flexibility index (Phi) is 7.26. The van der Waals surface area contributed by atoms with Gasteiger partial charge in [-0.3, -0.25) is 14.4 Å². The highest BCUT2D eigenvalue weighted by Crippen LogP contribution is 2.43. The monoisotopic (exact) mass is 696 g/mol. The van der Waals surface area contributed by atoms with E-state index in [1.54, 1.807) is 6.92 Å². The van der Waals surface area contributed by atoms with Crippen molar-refractivity contribution in [1.29, 1.82) is 0 Å². The Bertz CT molecular complexity index is 809. The lowest BCUT2D eigenvalue weighted by Crippen LogP contribution is -2.42. The number of amides is 3. The number of benzene rings is 1. The molecule has 1 aliphatic rings. The third kappa shape index (κ3) is 3.86. The van der Waals surface area contributed by atoms with Crippen LogP contribution in [0.25, 0.3) is 0 Å². The van der Waals surface area contributed by atoms with Crippen LogP contribution in [-0.2, 0) is 14.4 Å². The summed E-state index contributed by atoms with van der Waals surface area (Å²) in [6.07, 6.45) is 0.941. The SMILES string of the molecule is CCN(C(C)=O)c1c(I)c(C(=O)O)c(I)c(N2C(=O)CCCC2=O)c1I. The minimum Gasteiger partial charge on any atom is -0.478 e. The fourth-order valence-corrected chi connectivity index (χ4v) is 7.49. The molecule has 1 aromatic rings. The Morgan fingerprint density at radius 2 is 1.62 bits per heavy atom. The van der Waals surface area contributed by atoms with Crippen LogP contribution >= 0.6 is 67.8 Å². The summed E-state index contributed by atoms with van der Waals surface area (Å²) in [5, 5.41) is 9.71. The zero-order valence-electron chi connectivity index (χ0n) is 13.9. The van der Waals surface area contributed by atoms with Crippen molar-refractivity contribution in [1.82, 2.24) is 0 Å². The summed E-state index contributed by atoms with van der Waals surface area (Å²) in [5.74, 6) is -2.13. The molecule has 1 saturated heterocycles. The second-order valence-corrected chi connectivity index (χ2v) is 8.80. The Morgan fingerprint density at radius 3 is 2.04 bits per heavy atom. The van der Waals surface area contributed by atoms with E-state index in [0.717, 1.165) is 4.90 Å². The number of carboxylic acids is 1. The second kappa shape index (κ2) is 8.67. The molecule has 0 aliphatic carbocycles. The van der Waals surface area contributed by atoms with E-state index in [-0.39, 0.29) is 41.8 Å². The predicted molar refractivity (Wildman–Crippen MR) is 122 cm³/mol. The number of carbonyl (C=O) groups excluding carboxylic acids is 3. The number of imide groups is 1. The van der Waals surface area contributed by atoms with Crippen LogP contribution in [0.15, 0.2) is 0 Å². The molecule has 0 saturated carbocycles. The number of rotatable bonds is 4. The van der Waals surface area contributed by atoms with Gasteiger partial charge in [0.05, 0.1) is 27.6 Å². The van der Waals surface area contributed by atoms with Gasteiger partial charge in [-0.25, -0.2) is 9.69 Å². The molecular formula is C16H15I3N2O5. The van der Waals surface area contributed by atoms with Gasteiger partial charge in [-0.05, 0) is 81.1 Å². The average Bonchev–Trinajstić information content (AvgIpc) is 2.53. The van der Waals surface area contributed by atoms with Gasteiger partial charge >= 0.3 is 5.97 Å². The number of aromatic carboxylic acids is 1. The summed E-state index contributed by atoms with van der Waals surface area (Å²) in [7, 11) is 0. The van der Waals surface area contributed by atoms with Gasteiger partial charge < -0.3 is 10.0 Å². The van der Waals surface area contributed by atoms with Crippen molar-refractivity contribution in [2.24, 2.45) is 0 Å². The van der Waals surface area contributed by atoms with Gasteiger partial charge in [-0.15, -0.1) is 0 Å². The largest absolute Gasteiger partial charge is 0.478 e. The molecule has 1 fully saturated rings. The van der Waals surface area contributed by atoms with Crippen LogP contribution in [0.1, 0.15) is 43.5 Å². The van der Waals surface area contributed by atoms with Crippen molar-refractivity contribution in [3.8, 4) is 0 Å². The van der Waals surface area contributed by atoms with Crippen LogP contribution in [0.2, 0.25) is 0 Å². The Balaban J connectivity index is 2.90. The van der Waals surface area contributed by atoms with Gasteiger partial charge in [-0.1, -0.05) is 0 Å². The normalized spacial score (nSPS) is 14.6. The number of carboxylic acid groups (broad SMARTS) is 1. The molecule has 1 heterocycles. The number of halogens is 3. The minimum absolute atomic E-state index is 0.0116. The first-order valence-corrected chi connectivity index (χ1v) is 10.9. The van der Waals surface area contributed by atoms with Gasteiger partial charge in [-0.2, -0.15) is 0 Å². The second-order valence-electron chi connectivity index (χ2n) is 5.56. The van der Waals surface area contributed by atoms with Crippen molar-refractivity contribution >= 4 is 103 Å². The molecule has 0 aromatic heterocycles. The van der Waals surface area contributed by atoms with Crippen molar-refractivity contribution < 1.29 is 24.3 Å². The number of anilines is 2. The lowest BCUT2D eigenvalue weighted by molar-refractivity contribution is -0.129. The standard InChI is InChI=1S/C16H15I3N2O5/c1-3-20(7(2)22)14-11(17)10(16(25)26)12(18)15(13(14)19)21-8(23)5-4-6-9(21)24/h3-6H2,1-2H3,(H,25,26). The fraction of sp³-hybridized carbons (Fsp3) is 0.375. The van der Waals surface area contributed by atoms with E-state index in [1.807, 2.05) is 67.8 Å². The van der Waals surface area contributed by atoms with Crippen LogP contribution in [-0.4, -0.2) is 35.3 Å². The molecule has 0 bridgehead atoms. The maximum Gasteiger partial charge on any atom is 0.338 e. The Hall–Kier alpha value is -0.510. The molecule has 1 aliphatic heterocycles. The number of nitrogens with zero attached hydrogens (tertiary/aromatic N) is 2. The maximum atomic E-state index is 12.4. The molecule has 0 unspecified atom stereocenters. The predicted octanol–water partition coefficient (Wildman–Crippen LogP) is 3.61. The zero-order chi connectivity index (χ0) is 19.8. The minimum atomic E-state index is -1.17. The summed E-state index contributed by atoms with van der Waals surface area (Å²) in [4.78, 5) is 51.4. The summed E-state index contributed by atoms with van der Waals surface area (Å²) < 4.78 is 1.24. The van der Waals surface area contributed by atoms with E-state index in [9.17, 15) is 24.3 Å². The van der Waals surface area contributed by atoms with E-state index in [1.165, 1.54) is 11.8 Å². The van der Waals surface area contributed by atoms with Crippen molar-refractivity contribution in [2.75, 3.05) is 16.3 Å². The first-order valence-electron chi connectivity index (χ1n) is 7.71. The summed E-state index contributed by atoms with van der Waals surface area (Å²) in [6, 6.07) is 0. The fourth-order valence-electron chi connectivity index (χ4n) is 2.80. The van der Waals surface area contributed by atoms with E-state index < -0.39 is 5.97 Å². The lowest BCUT2D eigenvalue weighted by atomic mass is 10.1. The summed E-state index contributed by atoms with van der Waals surface area (Å²) in [5.41, 5.74) is 0.663. The smallest absolute Gasteiger partial charge is 0.338 e. The molecule has 1 aromatic carbocycles.